The summed E-state index contributed by atoms with van der Waals surface area (Å²) >= 11 is 0. The van der Waals surface area contributed by atoms with E-state index < -0.39 is 18.4 Å². The molecule has 0 aliphatic carbocycles. The predicted molar refractivity (Wildman–Crippen MR) is 88.5 cm³/mol. The molecular weight excluding hydrogens is 344 g/mol. The fraction of sp³-hybridized carbons (Fsp3) is 0.278. The lowest BCUT2D eigenvalue weighted by Gasteiger charge is -2.33. The molecule has 0 saturated carbocycles. The molecule has 0 fully saturated rings. The Morgan fingerprint density at radius 1 is 1.12 bits per heavy atom. The van der Waals surface area contributed by atoms with Crippen LogP contribution in [-0.4, -0.2) is 39.3 Å². The first kappa shape index (κ1) is 17.5. The van der Waals surface area contributed by atoms with Crippen molar-refractivity contribution < 1.29 is 39.4 Å². The number of ether oxygens (including phenoxy) is 3. The summed E-state index contributed by atoms with van der Waals surface area (Å²) in [6.07, 6.45) is -2.50. The van der Waals surface area contributed by atoms with Gasteiger partial charge in [-0.05, 0) is 19.1 Å². The monoisotopic (exact) mass is 362 g/mol. The number of carbonyl (C=O) groups is 1. The van der Waals surface area contributed by atoms with Gasteiger partial charge >= 0.3 is 6.16 Å². The number of hydrogen-bond donors (Lipinski definition) is 4. The lowest BCUT2D eigenvalue weighted by atomic mass is 9.93. The molecule has 2 aromatic carbocycles. The Bertz CT molecular complexity index is 832. The van der Waals surface area contributed by atoms with E-state index in [2.05, 4.69) is 0 Å². The predicted octanol–water partition coefficient (Wildman–Crippen LogP) is 2.73. The van der Waals surface area contributed by atoms with Crippen LogP contribution >= 0.6 is 0 Å². The minimum atomic E-state index is -0.893. The van der Waals surface area contributed by atoms with Gasteiger partial charge in [-0.3, -0.25) is 0 Å². The molecule has 0 amide bonds. The molecule has 26 heavy (non-hydrogen) atoms. The third-order valence-electron chi connectivity index (χ3n) is 4.00. The molecule has 2 unspecified atom stereocenters. The van der Waals surface area contributed by atoms with Crippen molar-refractivity contribution in [2.75, 3.05) is 6.61 Å². The van der Waals surface area contributed by atoms with Crippen molar-refractivity contribution in [1.29, 1.82) is 0 Å². The fourth-order valence-electron chi connectivity index (χ4n) is 2.83. The quantitative estimate of drug-likeness (QED) is 0.485. The van der Waals surface area contributed by atoms with Crippen LogP contribution in [0.1, 0.15) is 24.2 Å². The summed E-state index contributed by atoms with van der Waals surface area (Å²) in [7, 11) is 0. The van der Waals surface area contributed by atoms with Crippen molar-refractivity contribution in [1.82, 2.24) is 0 Å². The van der Waals surface area contributed by atoms with Gasteiger partial charge in [-0.1, -0.05) is 6.07 Å². The third-order valence-corrected chi connectivity index (χ3v) is 4.00. The minimum Gasteiger partial charge on any atom is -0.508 e. The van der Waals surface area contributed by atoms with Gasteiger partial charge < -0.3 is 34.6 Å². The van der Waals surface area contributed by atoms with E-state index in [0.29, 0.717) is 11.1 Å². The van der Waals surface area contributed by atoms with Gasteiger partial charge in [0, 0.05) is 29.7 Å². The van der Waals surface area contributed by atoms with Crippen molar-refractivity contribution in [3.05, 3.63) is 41.5 Å². The smallest absolute Gasteiger partial charge is 0.508 e. The van der Waals surface area contributed by atoms with Gasteiger partial charge in [0.2, 0.25) is 0 Å². The van der Waals surface area contributed by atoms with Crippen molar-refractivity contribution in [3.8, 4) is 28.7 Å². The second kappa shape index (κ2) is 6.91. The van der Waals surface area contributed by atoms with Crippen LogP contribution in [-0.2, 0) is 15.9 Å². The molecule has 0 radical (unpaired) electrons. The third kappa shape index (κ3) is 3.39. The number of benzene rings is 2. The van der Waals surface area contributed by atoms with E-state index in [4.69, 9.17) is 14.2 Å². The van der Waals surface area contributed by atoms with Gasteiger partial charge in [0.1, 0.15) is 17.2 Å². The number of fused-ring (bicyclic) bond motifs is 1. The summed E-state index contributed by atoms with van der Waals surface area (Å²) in [6, 6.07) is 6.58. The highest BCUT2D eigenvalue weighted by molar-refractivity contribution is 5.61. The summed E-state index contributed by atoms with van der Waals surface area (Å²) < 4.78 is 15.9. The second-order valence-electron chi connectivity index (χ2n) is 5.77. The molecule has 0 saturated heterocycles. The maximum Gasteiger partial charge on any atom is 0.508 e. The molecule has 2 aromatic rings. The van der Waals surface area contributed by atoms with E-state index in [1.807, 2.05) is 0 Å². The van der Waals surface area contributed by atoms with Crippen LogP contribution in [0.25, 0.3) is 0 Å². The highest BCUT2D eigenvalue weighted by Crippen LogP contribution is 2.43. The molecule has 1 heterocycles. The normalized spacial score (nSPS) is 18.5. The maximum absolute atomic E-state index is 11.8. The highest BCUT2D eigenvalue weighted by atomic mass is 16.7. The Kier molecular flexibility index (Phi) is 4.66. The SMILES string of the molecule is CCOC(=O)OC1Cc2c(O)cc(O)cc2OC1c1ccc(O)c(O)c1. The van der Waals surface area contributed by atoms with Crippen LogP contribution in [0, 0.1) is 0 Å². The second-order valence-corrected chi connectivity index (χ2v) is 5.77. The molecule has 0 spiro atoms. The van der Waals surface area contributed by atoms with Crippen molar-refractivity contribution in [2.24, 2.45) is 0 Å². The zero-order chi connectivity index (χ0) is 18.8. The molecule has 4 N–H and O–H groups in total. The van der Waals surface area contributed by atoms with E-state index in [1.165, 1.54) is 24.3 Å². The number of phenols is 4. The first-order valence-electron chi connectivity index (χ1n) is 7.95. The molecule has 3 rings (SSSR count). The van der Waals surface area contributed by atoms with Gasteiger partial charge in [0.25, 0.3) is 0 Å². The van der Waals surface area contributed by atoms with Crippen LogP contribution < -0.4 is 4.74 Å². The molecule has 8 heteroatoms. The van der Waals surface area contributed by atoms with Gasteiger partial charge in [0.15, 0.2) is 23.7 Å². The van der Waals surface area contributed by atoms with Crippen LogP contribution in [0.5, 0.6) is 28.7 Å². The topological polar surface area (TPSA) is 126 Å². The molecular formula is C18H18O8. The molecule has 1 aliphatic heterocycles. The molecule has 0 aromatic heterocycles. The average molecular weight is 362 g/mol. The van der Waals surface area contributed by atoms with Crippen LogP contribution in [0.2, 0.25) is 0 Å². The minimum absolute atomic E-state index is 0.104. The standard InChI is InChI=1S/C18H18O8/c1-2-24-18(23)26-16-8-11-13(21)6-10(19)7-15(11)25-17(16)9-3-4-12(20)14(22)5-9/h3-7,16-17,19-22H,2,8H2,1H3. The lowest BCUT2D eigenvalue weighted by molar-refractivity contribution is -0.0310. The summed E-state index contributed by atoms with van der Waals surface area (Å²) in [5, 5.41) is 39.0. The van der Waals surface area contributed by atoms with E-state index in [9.17, 15) is 25.2 Å². The number of carbonyl (C=O) groups excluding carboxylic acids is 1. The van der Waals surface area contributed by atoms with Crippen LogP contribution in [0.15, 0.2) is 30.3 Å². The molecule has 0 bridgehead atoms. The Hall–Kier alpha value is -3.29. The summed E-state index contributed by atoms with van der Waals surface area (Å²) in [5.41, 5.74) is 0.805. The number of hydrogen-bond acceptors (Lipinski definition) is 8. The van der Waals surface area contributed by atoms with Crippen molar-refractivity contribution in [3.63, 3.8) is 0 Å². The van der Waals surface area contributed by atoms with Gasteiger partial charge in [-0.25, -0.2) is 4.79 Å². The van der Waals surface area contributed by atoms with E-state index >= 15 is 0 Å². The van der Waals surface area contributed by atoms with E-state index in [0.717, 1.165) is 6.07 Å². The summed E-state index contributed by atoms with van der Waals surface area (Å²) in [5.74, 6) is -0.805. The van der Waals surface area contributed by atoms with E-state index in [1.54, 1.807) is 6.92 Å². The number of aromatic hydroxyl groups is 4. The lowest BCUT2D eigenvalue weighted by Crippen LogP contribution is -2.35. The summed E-state index contributed by atoms with van der Waals surface area (Å²) in [6.45, 7) is 1.77. The van der Waals surface area contributed by atoms with Crippen molar-refractivity contribution >= 4 is 6.16 Å². The molecule has 138 valence electrons. The first-order valence-corrected chi connectivity index (χ1v) is 7.95. The maximum atomic E-state index is 11.8. The average Bonchev–Trinajstić information content (AvgIpc) is 2.57. The zero-order valence-electron chi connectivity index (χ0n) is 13.9. The van der Waals surface area contributed by atoms with Gasteiger partial charge in [-0.15, -0.1) is 0 Å². The number of phenolic OH excluding ortho intramolecular Hbond substituents is 4. The number of rotatable bonds is 3. The Balaban J connectivity index is 1.99. The zero-order valence-corrected chi connectivity index (χ0v) is 13.9. The molecule has 1 aliphatic rings. The van der Waals surface area contributed by atoms with Crippen LogP contribution in [0.3, 0.4) is 0 Å². The van der Waals surface area contributed by atoms with Gasteiger partial charge in [-0.2, -0.15) is 0 Å². The highest BCUT2D eigenvalue weighted by Gasteiger charge is 2.36. The largest absolute Gasteiger partial charge is 0.508 e. The van der Waals surface area contributed by atoms with Crippen LogP contribution in [0.4, 0.5) is 4.79 Å². The summed E-state index contributed by atoms with van der Waals surface area (Å²) in [4.78, 5) is 11.8. The van der Waals surface area contributed by atoms with Gasteiger partial charge in [0.05, 0.1) is 6.61 Å². The Morgan fingerprint density at radius 3 is 2.58 bits per heavy atom. The Morgan fingerprint density at radius 2 is 1.88 bits per heavy atom. The fourth-order valence-corrected chi connectivity index (χ4v) is 2.83. The van der Waals surface area contributed by atoms with Crippen molar-refractivity contribution in [2.45, 2.75) is 25.6 Å². The molecule has 8 nitrogen and oxygen atoms in total. The van der Waals surface area contributed by atoms with E-state index in [-0.39, 0.29) is 41.8 Å². The molecule has 2 atom stereocenters. The Labute approximate surface area is 148 Å². The first-order chi connectivity index (χ1) is 12.4.